The van der Waals surface area contributed by atoms with Crippen LogP contribution in [-0.2, 0) is 0 Å². The number of anilines is 1. The Morgan fingerprint density at radius 3 is 2.17 bits per heavy atom. The monoisotopic (exact) mass is 331 g/mol. The summed E-state index contributed by atoms with van der Waals surface area (Å²) in [6, 6.07) is 7.13. The van der Waals surface area contributed by atoms with E-state index in [2.05, 4.69) is 10.1 Å². The van der Waals surface area contributed by atoms with E-state index in [0.29, 0.717) is 30.2 Å². The summed E-state index contributed by atoms with van der Waals surface area (Å²) in [5.41, 5.74) is 0.567. The van der Waals surface area contributed by atoms with Crippen molar-refractivity contribution in [3.05, 3.63) is 35.6 Å². The molecule has 0 radical (unpaired) electrons. The van der Waals surface area contributed by atoms with Crippen LogP contribution in [0.1, 0.15) is 16.1 Å². The molecule has 0 N–H and O–H groups in total. The predicted octanol–water partition coefficient (Wildman–Crippen LogP) is 1.96. The summed E-state index contributed by atoms with van der Waals surface area (Å²) in [6.45, 7) is 4.57. The van der Waals surface area contributed by atoms with Gasteiger partial charge in [-0.1, -0.05) is 5.16 Å². The van der Waals surface area contributed by atoms with Gasteiger partial charge >= 0.3 is 0 Å². The second-order valence-electron chi connectivity index (χ2n) is 5.68. The van der Waals surface area contributed by atoms with E-state index in [0.717, 1.165) is 24.7 Å². The molecule has 1 saturated heterocycles. The molecule has 1 aromatic heterocycles. The highest BCUT2D eigenvalue weighted by molar-refractivity contribution is 5.95. The average molecular weight is 331 g/mol. The van der Waals surface area contributed by atoms with E-state index in [1.807, 2.05) is 17.9 Å². The highest BCUT2D eigenvalue weighted by atomic mass is 16.5. The molecular weight excluding hydrogens is 310 g/mol. The van der Waals surface area contributed by atoms with Gasteiger partial charge in [-0.2, -0.15) is 0 Å². The molecule has 0 bridgehead atoms. The Bertz CT molecular complexity index is 698. The SMILES string of the molecule is COc1cc(OC)cc(C(=O)N2CCN(c3cc(C)on3)CC2)c1. The van der Waals surface area contributed by atoms with Crippen LogP contribution in [0.5, 0.6) is 11.5 Å². The van der Waals surface area contributed by atoms with E-state index < -0.39 is 0 Å². The number of hydrogen-bond donors (Lipinski definition) is 0. The number of piperazine rings is 1. The summed E-state index contributed by atoms with van der Waals surface area (Å²) in [6.07, 6.45) is 0. The van der Waals surface area contributed by atoms with Crippen molar-refractivity contribution in [1.29, 1.82) is 0 Å². The number of ether oxygens (including phenoxy) is 2. The molecule has 1 fully saturated rings. The van der Waals surface area contributed by atoms with Gasteiger partial charge in [-0.15, -0.1) is 0 Å². The molecule has 1 aliphatic heterocycles. The lowest BCUT2D eigenvalue weighted by Gasteiger charge is -2.34. The van der Waals surface area contributed by atoms with Gasteiger partial charge in [0.2, 0.25) is 0 Å². The van der Waals surface area contributed by atoms with Crippen LogP contribution in [0.2, 0.25) is 0 Å². The standard InChI is InChI=1S/C17H21N3O4/c1-12-8-16(18-24-12)19-4-6-20(7-5-19)17(21)13-9-14(22-2)11-15(10-13)23-3/h8-11H,4-7H2,1-3H3. The van der Waals surface area contributed by atoms with Crippen LogP contribution in [0.3, 0.4) is 0 Å². The Balaban J connectivity index is 1.69. The van der Waals surface area contributed by atoms with Crippen molar-refractivity contribution >= 4 is 11.7 Å². The molecule has 2 aromatic rings. The fourth-order valence-electron chi connectivity index (χ4n) is 2.75. The van der Waals surface area contributed by atoms with E-state index >= 15 is 0 Å². The largest absolute Gasteiger partial charge is 0.497 e. The number of rotatable bonds is 4. The minimum Gasteiger partial charge on any atom is -0.497 e. The van der Waals surface area contributed by atoms with Crippen LogP contribution >= 0.6 is 0 Å². The number of aromatic nitrogens is 1. The number of amides is 1. The molecule has 7 nitrogen and oxygen atoms in total. The summed E-state index contributed by atoms with van der Waals surface area (Å²) in [5.74, 6) is 2.79. The van der Waals surface area contributed by atoms with E-state index in [1.54, 1.807) is 32.4 Å². The molecule has 7 heteroatoms. The van der Waals surface area contributed by atoms with Crippen molar-refractivity contribution in [1.82, 2.24) is 10.1 Å². The predicted molar refractivity (Wildman–Crippen MR) is 88.9 cm³/mol. The average Bonchev–Trinajstić information content (AvgIpc) is 3.07. The lowest BCUT2D eigenvalue weighted by molar-refractivity contribution is 0.0745. The fraction of sp³-hybridized carbons (Fsp3) is 0.412. The second-order valence-corrected chi connectivity index (χ2v) is 5.68. The molecule has 24 heavy (non-hydrogen) atoms. The van der Waals surface area contributed by atoms with Gasteiger partial charge in [0.1, 0.15) is 17.3 Å². The molecule has 0 atom stereocenters. The van der Waals surface area contributed by atoms with Gasteiger partial charge in [0.15, 0.2) is 5.82 Å². The molecule has 128 valence electrons. The van der Waals surface area contributed by atoms with Crippen LogP contribution in [0.4, 0.5) is 5.82 Å². The van der Waals surface area contributed by atoms with Crippen molar-refractivity contribution in [2.45, 2.75) is 6.92 Å². The normalized spacial score (nSPS) is 14.6. The van der Waals surface area contributed by atoms with Crippen LogP contribution < -0.4 is 14.4 Å². The number of methoxy groups -OCH3 is 2. The first-order valence-electron chi connectivity index (χ1n) is 7.81. The molecule has 2 heterocycles. The van der Waals surface area contributed by atoms with Crippen molar-refractivity contribution < 1.29 is 18.8 Å². The maximum absolute atomic E-state index is 12.7. The van der Waals surface area contributed by atoms with Crippen LogP contribution in [0.15, 0.2) is 28.8 Å². The third-order valence-corrected chi connectivity index (χ3v) is 4.10. The summed E-state index contributed by atoms with van der Waals surface area (Å²) < 4.78 is 15.6. The number of nitrogens with zero attached hydrogens (tertiary/aromatic N) is 3. The van der Waals surface area contributed by atoms with Crippen LogP contribution in [0, 0.1) is 6.92 Å². The molecule has 1 aliphatic rings. The van der Waals surface area contributed by atoms with E-state index in [4.69, 9.17) is 14.0 Å². The quantitative estimate of drug-likeness (QED) is 0.853. The third-order valence-electron chi connectivity index (χ3n) is 4.10. The molecular formula is C17H21N3O4. The number of benzene rings is 1. The van der Waals surface area contributed by atoms with Crippen LogP contribution in [-0.4, -0.2) is 56.4 Å². The number of carbonyl (C=O) groups is 1. The second kappa shape index (κ2) is 6.82. The Hall–Kier alpha value is -2.70. The van der Waals surface area contributed by atoms with E-state index in [1.165, 1.54) is 0 Å². The van der Waals surface area contributed by atoms with Gasteiger partial charge in [0.25, 0.3) is 5.91 Å². The lowest BCUT2D eigenvalue weighted by Crippen LogP contribution is -2.48. The van der Waals surface area contributed by atoms with E-state index in [-0.39, 0.29) is 5.91 Å². The lowest BCUT2D eigenvalue weighted by atomic mass is 10.1. The molecule has 1 amide bonds. The van der Waals surface area contributed by atoms with Gasteiger partial charge in [-0.05, 0) is 19.1 Å². The molecule has 0 aliphatic carbocycles. The highest BCUT2D eigenvalue weighted by Gasteiger charge is 2.24. The maximum atomic E-state index is 12.7. The summed E-state index contributed by atoms with van der Waals surface area (Å²) in [7, 11) is 3.14. The first-order chi connectivity index (χ1) is 11.6. The van der Waals surface area contributed by atoms with Gasteiger partial charge in [0.05, 0.1) is 14.2 Å². The minimum atomic E-state index is -0.0248. The van der Waals surface area contributed by atoms with Gasteiger partial charge in [-0.3, -0.25) is 4.79 Å². The third kappa shape index (κ3) is 3.29. The number of aryl methyl sites for hydroxylation is 1. The Kier molecular flexibility index (Phi) is 4.59. The van der Waals surface area contributed by atoms with Crippen molar-refractivity contribution in [2.24, 2.45) is 0 Å². The Morgan fingerprint density at radius 2 is 1.67 bits per heavy atom. The molecule has 0 spiro atoms. The summed E-state index contributed by atoms with van der Waals surface area (Å²) >= 11 is 0. The zero-order valence-electron chi connectivity index (χ0n) is 14.1. The number of carbonyl (C=O) groups excluding carboxylic acids is 1. The van der Waals surface area contributed by atoms with Crippen molar-refractivity contribution in [3.63, 3.8) is 0 Å². The van der Waals surface area contributed by atoms with Crippen molar-refractivity contribution in [2.75, 3.05) is 45.3 Å². The smallest absolute Gasteiger partial charge is 0.254 e. The first-order valence-corrected chi connectivity index (χ1v) is 7.81. The fourth-order valence-corrected chi connectivity index (χ4v) is 2.75. The summed E-state index contributed by atoms with van der Waals surface area (Å²) in [4.78, 5) is 16.7. The van der Waals surface area contributed by atoms with Gasteiger partial charge < -0.3 is 23.8 Å². The highest BCUT2D eigenvalue weighted by Crippen LogP contribution is 2.24. The topological polar surface area (TPSA) is 68.0 Å². The van der Waals surface area contributed by atoms with Gasteiger partial charge in [0, 0.05) is 43.9 Å². The van der Waals surface area contributed by atoms with Crippen LogP contribution in [0.25, 0.3) is 0 Å². The zero-order valence-corrected chi connectivity index (χ0v) is 14.1. The Labute approximate surface area is 140 Å². The maximum Gasteiger partial charge on any atom is 0.254 e. The molecule has 3 rings (SSSR count). The van der Waals surface area contributed by atoms with Crippen molar-refractivity contribution in [3.8, 4) is 11.5 Å². The van der Waals surface area contributed by atoms with E-state index in [9.17, 15) is 4.79 Å². The zero-order chi connectivity index (χ0) is 17.1. The first kappa shape index (κ1) is 16.2. The summed E-state index contributed by atoms with van der Waals surface area (Å²) in [5, 5.41) is 4.03. The molecule has 1 aromatic carbocycles. The molecule has 0 unspecified atom stereocenters. The van der Waals surface area contributed by atoms with Gasteiger partial charge in [-0.25, -0.2) is 0 Å². The minimum absolute atomic E-state index is 0.0248. The number of hydrogen-bond acceptors (Lipinski definition) is 6. The Morgan fingerprint density at radius 1 is 1.04 bits per heavy atom. The molecule has 0 saturated carbocycles.